The van der Waals surface area contributed by atoms with Crippen molar-refractivity contribution in [1.82, 2.24) is 14.8 Å². The Hall–Kier alpha value is -2.18. The minimum absolute atomic E-state index is 0.0640. The largest absolute Gasteiger partial charge is 0.292 e. The molecule has 2 rings (SSSR count). The average Bonchev–Trinajstić information content (AvgIpc) is 2.88. The van der Waals surface area contributed by atoms with Gasteiger partial charge in [-0.1, -0.05) is 23.5 Å². The van der Waals surface area contributed by atoms with Crippen molar-refractivity contribution in [3.05, 3.63) is 35.4 Å². The Labute approximate surface area is 152 Å². The molecular weight excluding hydrogens is 366 g/mol. The highest BCUT2D eigenvalue weighted by Gasteiger charge is 2.37. The van der Waals surface area contributed by atoms with Gasteiger partial charge < -0.3 is 0 Å². The zero-order valence-electron chi connectivity index (χ0n) is 14.0. The molecule has 0 aliphatic carbocycles. The van der Waals surface area contributed by atoms with Crippen molar-refractivity contribution in [1.29, 1.82) is 0 Å². The summed E-state index contributed by atoms with van der Waals surface area (Å²) >= 11 is -2.67. The van der Waals surface area contributed by atoms with Crippen molar-refractivity contribution >= 4 is 29.0 Å². The van der Waals surface area contributed by atoms with Crippen molar-refractivity contribution in [3.8, 4) is 0 Å². The number of hydrogen-bond acceptors (Lipinski definition) is 6. The highest BCUT2D eigenvalue weighted by molar-refractivity contribution is 7.76. The number of carbonyl (C=O) groups is 3. The Morgan fingerprint density at radius 1 is 1.31 bits per heavy atom. The van der Waals surface area contributed by atoms with E-state index in [0.29, 0.717) is 10.9 Å². The molecule has 0 spiro atoms. The lowest BCUT2D eigenvalue weighted by atomic mass is 10.1. The predicted octanol–water partition coefficient (Wildman–Crippen LogP) is 0.327. The molecule has 1 unspecified atom stereocenters. The molecule has 0 saturated heterocycles. The number of carbonyl (C=O) groups excluding carboxylic acids is 3. The van der Waals surface area contributed by atoms with Gasteiger partial charge in [0.2, 0.25) is 0 Å². The number of hydrogen-bond donors (Lipinski definition) is 3. The van der Waals surface area contributed by atoms with Crippen molar-refractivity contribution < 1.29 is 33.2 Å². The van der Waals surface area contributed by atoms with Crippen LogP contribution in [0.15, 0.2) is 24.3 Å². The van der Waals surface area contributed by atoms with Crippen LogP contribution in [0.2, 0.25) is 0 Å². The molecule has 1 heterocycles. The van der Waals surface area contributed by atoms with Crippen molar-refractivity contribution in [2.75, 3.05) is 13.2 Å². The fourth-order valence-corrected chi connectivity index (χ4v) is 3.11. The van der Waals surface area contributed by atoms with Crippen LogP contribution < -0.4 is 5.48 Å². The van der Waals surface area contributed by atoms with Crippen LogP contribution in [0.4, 0.5) is 0 Å². The standard InChI is InChI=1S/C15H19N3O7S/c1-2-9-25-18(26(23)24)12(13(19)16-22)7-8-17-14(20)10-5-3-4-6-11(10)15(17)21/h3-6,12,22H,2,7-9H2,1H3,(H,16,19)(H,23,24)/t12-/m1/s1. The molecule has 1 aromatic rings. The van der Waals surface area contributed by atoms with Crippen LogP contribution in [-0.4, -0.2) is 60.3 Å². The van der Waals surface area contributed by atoms with E-state index in [1.54, 1.807) is 19.1 Å². The van der Waals surface area contributed by atoms with Gasteiger partial charge in [-0.25, -0.2) is 9.69 Å². The zero-order chi connectivity index (χ0) is 19.3. The Morgan fingerprint density at radius 2 is 1.88 bits per heavy atom. The number of fused-ring (bicyclic) bond motifs is 1. The number of rotatable bonds is 9. The number of hydroxylamine groups is 2. The summed E-state index contributed by atoms with van der Waals surface area (Å²) in [6.45, 7) is 1.63. The van der Waals surface area contributed by atoms with E-state index in [1.165, 1.54) is 17.6 Å². The summed E-state index contributed by atoms with van der Waals surface area (Å²) in [6.07, 6.45) is 0.299. The first-order chi connectivity index (χ1) is 12.4. The quantitative estimate of drug-likeness (QED) is 0.241. The summed E-state index contributed by atoms with van der Waals surface area (Å²) in [5.74, 6) is -2.03. The van der Waals surface area contributed by atoms with Crippen LogP contribution in [0.25, 0.3) is 0 Å². The van der Waals surface area contributed by atoms with Crippen LogP contribution in [0.3, 0.4) is 0 Å². The minimum Gasteiger partial charge on any atom is -0.292 e. The first-order valence-corrected chi connectivity index (χ1v) is 8.91. The van der Waals surface area contributed by atoms with E-state index in [4.69, 9.17) is 10.0 Å². The third kappa shape index (κ3) is 4.14. The second-order valence-electron chi connectivity index (χ2n) is 5.44. The molecule has 1 aliphatic rings. The van der Waals surface area contributed by atoms with Gasteiger partial charge in [0, 0.05) is 6.54 Å². The van der Waals surface area contributed by atoms with Gasteiger partial charge in [-0.05, 0) is 25.0 Å². The van der Waals surface area contributed by atoms with Gasteiger partial charge in [-0.2, -0.15) is 0 Å². The maximum atomic E-state index is 12.3. The molecule has 0 bridgehead atoms. The van der Waals surface area contributed by atoms with E-state index in [0.717, 1.165) is 4.90 Å². The first kappa shape index (κ1) is 20.1. The van der Waals surface area contributed by atoms with Crippen molar-refractivity contribution in [2.45, 2.75) is 25.8 Å². The number of benzene rings is 1. The molecule has 1 aromatic carbocycles. The van der Waals surface area contributed by atoms with E-state index >= 15 is 0 Å². The second-order valence-corrected chi connectivity index (χ2v) is 6.26. The van der Waals surface area contributed by atoms with Gasteiger partial charge in [0.1, 0.15) is 6.04 Å². The van der Waals surface area contributed by atoms with Gasteiger partial charge in [0.05, 0.1) is 17.7 Å². The van der Waals surface area contributed by atoms with Crippen LogP contribution in [0, 0.1) is 0 Å². The summed E-state index contributed by atoms with van der Waals surface area (Å²) in [5, 5.41) is 8.89. The van der Waals surface area contributed by atoms with Crippen molar-refractivity contribution in [3.63, 3.8) is 0 Å². The van der Waals surface area contributed by atoms with Crippen molar-refractivity contribution in [2.24, 2.45) is 0 Å². The molecule has 0 aromatic heterocycles. The molecule has 0 radical (unpaired) electrons. The van der Waals surface area contributed by atoms with E-state index in [-0.39, 0.29) is 30.7 Å². The Bertz CT molecular complexity index is 692. The number of amides is 3. The summed E-state index contributed by atoms with van der Waals surface area (Å²) < 4.78 is 21.4. The van der Waals surface area contributed by atoms with Gasteiger partial charge >= 0.3 is 0 Å². The molecular formula is C15H19N3O7S. The SMILES string of the molecule is CCCON([C@H](CCN1C(=O)c2ccccc2C1=O)C(=O)NO)S(=O)O. The molecule has 0 saturated carbocycles. The average molecular weight is 385 g/mol. The summed E-state index contributed by atoms with van der Waals surface area (Å²) in [4.78, 5) is 42.6. The Kier molecular flexibility index (Phi) is 6.94. The summed E-state index contributed by atoms with van der Waals surface area (Å²) in [6, 6.07) is 4.91. The number of nitrogens with zero attached hydrogens (tertiary/aromatic N) is 2. The fourth-order valence-electron chi connectivity index (χ4n) is 2.53. The predicted molar refractivity (Wildman–Crippen MR) is 89.0 cm³/mol. The number of imide groups is 1. The molecule has 0 fully saturated rings. The fraction of sp³-hybridized carbons (Fsp3) is 0.400. The lowest BCUT2D eigenvalue weighted by Crippen LogP contribution is -2.48. The minimum atomic E-state index is -2.67. The lowest BCUT2D eigenvalue weighted by Gasteiger charge is -2.26. The molecule has 142 valence electrons. The Balaban J connectivity index is 2.15. The van der Waals surface area contributed by atoms with E-state index in [9.17, 15) is 23.1 Å². The first-order valence-electron chi connectivity index (χ1n) is 7.84. The maximum absolute atomic E-state index is 12.3. The van der Waals surface area contributed by atoms with Crippen LogP contribution in [0.1, 0.15) is 40.5 Å². The third-order valence-electron chi connectivity index (χ3n) is 3.75. The highest BCUT2D eigenvalue weighted by Crippen LogP contribution is 2.23. The number of nitrogens with one attached hydrogen (secondary N) is 1. The van der Waals surface area contributed by atoms with E-state index in [2.05, 4.69) is 0 Å². The van der Waals surface area contributed by atoms with E-state index in [1.807, 2.05) is 0 Å². The van der Waals surface area contributed by atoms with Crippen LogP contribution >= 0.6 is 0 Å². The summed E-state index contributed by atoms with van der Waals surface area (Å²) in [7, 11) is 0. The van der Waals surface area contributed by atoms with Gasteiger partial charge in [0.15, 0.2) is 0 Å². The smallest absolute Gasteiger partial charge is 0.264 e. The maximum Gasteiger partial charge on any atom is 0.264 e. The molecule has 3 amide bonds. The monoisotopic (exact) mass is 385 g/mol. The van der Waals surface area contributed by atoms with Gasteiger partial charge in [-0.3, -0.25) is 33.9 Å². The summed E-state index contributed by atoms with van der Waals surface area (Å²) in [5.41, 5.74) is 1.91. The van der Waals surface area contributed by atoms with Crippen LogP contribution in [0.5, 0.6) is 0 Å². The zero-order valence-corrected chi connectivity index (χ0v) is 14.8. The Morgan fingerprint density at radius 3 is 2.35 bits per heavy atom. The third-order valence-corrected chi connectivity index (χ3v) is 4.42. The normalized spacial score (nSPS) is 15.9. The van der Waals surface area contributed by atoms with Gasteiger partial charge in [-0.15, -0.1) is 0 Å². The lowest BCUT2D eigenvalue weighted by molar-refractivity contribution is -0.155. The molecule has 1 aliphatic heterocycles. The molecule has 26 heavy (non-hydrogen) atoms. The molecule has 2 atom stereocenters. The van der Waals surface area contributed by atoms with Crippen LogP contribution in [-0.2, 0) is 20.9 Å². The molecule has 11 heteroatoms. The van der Waals surface area contributed by atoms with Gasteiger partial charge in [0.25, 0.3) is 29.0 Å². The van der Waals surface area contributed by atoms with E-state index < -0.39 is 35.0 Å². The second kappa shape index (κ2) is 8.96. The molecule has 3 N–H and O–H groups in total. The highest BCUT2D eigenvalue weighted by atomic mass is 32.2. The topological polar surface area (TPSA) is 136 Å². The molecule has 10 nitrogen and oxygen atoms in total.